The first-order valence-corrected chi connectivity index (χ1v) is 7.55. The van der Waals surface area contributed by atoms with Gasteiger partial charge in [0.2, 0.25) is 5.91 Å². The van der Waals surface area contributed by atoms with Crippen LogP contribution < -0.4 is 10.2 Å². The van der Waals surface area contributed by atoms with Gasteiger partial charge in [0.15, 0.2) is 5.78 Å². The fourth-order valence-electron chi connectivity index (χ4n) is 2.55. The standard InChI is InChI=1S/C19H14N2O4/c1-12(22)20-15-8-7-14(19(25)13-5-3-2-4-6-13)11-16(15)21-17(23)9-10-18(21)24/h2-11H,1H3,(H,20,22). The van der Waals surface area contributed by atoms with Gasteiger partial charge in [0, 0.05) is 30.2 Å². The van der Waals surface area contributed by atoms with Crippen molar-refractivity contribution in [2.45, 2.75) is 6.92 Å². The topological polar surface area (TPSA) is 83.6 Å². The van der Waals surface area contributed by atoms with E-state index in [1.807, 2.05) is 0 Å². The van der Waals surface area contributed by atoms with Gasteiger partial charge in [0.25, 0.3) is 11.8 Å². The van der Waals surface area contributed by atoms with Gasteiger partial charge in [-0.15, -0.1) is 0 Å². The Kier molecular flexibility index (Phi) is 4.26. The molecule has 0 saturated carbocycles. The molecule has 0 aromatic heterocycles. The van der Waals surface area contributed by atoms with Crippen LogP contribution in [0.5, 0.6) is 0 Å². The number of imide groups is 1. The van der Waals surface area contributed by atoms with Crippen LogP contribution >= 0.6 is 0 Å². The summed E-state index contributed by atoms with van der Waals surface area (Å²) in [7, 11) is 0. The van der Waals surface area contributed by atoms with Crippen molar-refractivity contribution < 1.29 is 19.2 Å². The van der Waals surface area contributed by atoms with Gasteiger partial charge in [-0.3, -0.25) is 19.2 Å². The maximum absolute atomic E-state index is 12.6. The molecule has 0 bridgehead atoms. The minimum absolute atomic E-state index is 0.164. The molecule has 2 aromatic carbocycles. The largest absolute Gasteiger partial charge is 0.325 e. The van der Waals surface area contributed by atoms with Crippen molar-refractivity contribution in [3.8, 4) is 0 Å². The highest BCUT2D eigenvalue weighted by Crippen LogP contribution is 2.30. The summed E-state index contributed by atoms with van der Waals surface area (Å²) in [4.78, 5) is 48.9. The summed E-state index contributed by atoms with van der Waals surface area (Å²) >= 11 is 0. The summed E-state index contributed by atoms with van der Waals surface area (Å²) in [5.74, 6) is -1.65. The van der Waals surface area contributed by atoms with Gasteiger partial charge in [-0.05, 0) is 18.2 Å². The highest BCUT2D eigenvalue weighted by Gasteiger charge is 2.28. The monoisotopic (exact) mass is 334 g/mol. The normalized spacial score (nSPS) is 13.2. The van der Waals surface area contributed by atoms with Crippen LogP contribution in [0.15, 0.2) is 60.7 Å². The number of nitrogens with one attached hydrogen (secondary N) is 1. The van der Waals surface area contributed by atoms with Crippen molar-refractivity contribution in [3.63, 3.8) is 0 Å². The molecule has 6 heteroatoms. The van der Waals surface area contributed by atoms with Crippen molar-refractivity contribution in [2.75, 3.05) is 10.2 Å². The van der Waals surface area contributed by atoms with Crippen molar-refractivity contribution in [3.05, 3.63) is 71.8 Å². The molecular weight excluding hydrogens is 320 g/mol. The van der Waals surface area contributed by atoms with Crippen molar-refractivity contribution >= 4 is 34.9 Å². The number of rotatable bonds is 4. The van der Waals surface area contributed by atoms with Crippen molar-refractivity contribution in [1.29, 1.82) is 0 Å². The number of carbonyl (C=O) groups excluding carboxylic acids is 4. The van der Waals surface area contributed by atoms with E-state index in [4.69, 9.17) is 0 Å². The Morgan fingerprint density at radius 2 is 1.52 bits per heavy atom. The molecule has 0 radical (unpaired) electrons. The number of hydrogen-bond donors (Lipinski definition) is 1. The SMILES string of the molecule is CC(=O)Nc1ccc(C(=O)c2ccccc2)cc1N1C(=O)C=CC1=O. The summed E-state index contributed by atoms with van der Waals surface area (Å²) in [5.41, 5.74) is 1.24. The lowest BCUT2D eigenvalue weighted by atomic mass is 10.0. The first kappa shape index (κ1) is 16.3. The number of benzene rings is 2. The molecule has 1 aliphatic rings. The number of carbonyl (C=O) groups is 4. The molecule has 6 nitrogen and oxygen atoms in total. The average Bonchev–Trinajstić information content (AvgIpc) is 2.93. The molecular formula is C19H14N2O4. The third-order valence-corrected chi connectivity index (χ3v) is 3.66. The molecule has 124 valence electrons. The maximum atomic E-state index is 12.6. The minimum Gasteiger partial charge on any atom is -0.325 e. The fraction of sp³-hybridized carbons (Fsp3) is 0.0526. The molecule has 0 unspecified atom stereocenters. The summed E-state index contributed by atoms with van der Waals surface area (Å²) in [6.07, 6.45) is 2.29. The van der Waals surface area contributed by atoms with Gasteiger partial charge >= 0.3 is 0 Å². The van der Waals surface area contributed by atoms with E-state index in [-0.39, 0.29) is 23.1 Å². The van der Waals surface area contributed by atoms with Crippen molar-refractivity contribution in [2.24, 2.45) is 0 Å². The van der Waals surface area contributed by atoms with E-state index in [1.54, 1.807) is 36.4 Å². The molecule has 0 saturated heterocycles. The molecule has 1 aliphatic heterocycles. The van der Waals surface area contributed by atoms with Crippen LogP contribution in [0.3, 0.4) is 0 Å². The second kappa shape index (κ2) is 6.52. The maximum Gasteiger partial charge on any atom is 0.258 e. The third-order valence-electron chi connectivity index (χ3n) is 3.66. The summed E-state index contributed by atoms with van der Waals surface area (Å²) in [6, 6.07) is 13.1. The zero-order chi connectivity index (χ0) is 18.0. The summed E-state index contributed by atoms with van der Waals surface area (Å²) in [5, 5.41) is 2.57. The minimum atomic E-state index is -0.527. The molecule has 0 fully saturated rings. The van der Waals surface area contributed by atoms with Crippen LogP contribution in [0.25, 0.3) is 0 Å². The van der Waals surface area contributed by atoms with Crippen LogP contribution in [0, 0.1) is 0 Å². The highest BCUT2D eigenvalue weighted by atomic mass is 16.2. The van der Waals surface area contributed by atoms with Gasteiger partial charge in [0.05, 0.1) is 11.4 Å². The molecule has 0 aliphatic carbocycles. The lowest BCUT2D eigenvalue weighted by Gasteiger charge is -2.19. The molecule has 25 heavy (non-hydrogen) atoms. The van der Waals surface area contributed by atoms with Gasteiger partial charge in [-0.25, -0.2) is 4.90 Å². The first-order valence-electron chi connectivity index (χ1n) is 7.55. The van der Waals surface area contributed by atoms with Gasteiger partial charge < -0.3 is 5.32 Å². The van der Waals surface area contributed by atoms with Crippen LogP contribution in [0.1, 0.15) is 22.8 Å². The quantitative estimate of drug-likeness (QED) is 0.687. The van der Waals surface area contributed by atoms with Crippen molar-refractivity contribution in [1.82, 2.24) is 0 Å². The summed E-state index contributed by atoms with van der Waals surface area (Å²) in [6.45, 7) is 1.32. The highest BCUT2D eigenvalue weighted by molar-refractivity contribution is 6.29. The number of ketones is 1. The van der Waals surface area contributed by atoms with E-state index in [2.05, 4.69) is 5.32 Å². The first-order chi connectivity index (χ1) is 12.0. The lowest BCUT2D eigenvalue weighted by molar-refractivity contribution is -0.120. The van der Waals surface area contributed by atoms with E-state index in [9.17, 15) is 19.2 Å². The van der Waals surface area contributed by atoms with E-state index < -0.39 is 11.8 Å². The molecule has 2 aromatic rings. The molecule has 0 atom stereocenters. The third kappa shape index (κ3) is 3.23. The Labute approximate surface area is 143 Å². The zero-order valence-electron chi connectivity index (χ0n) is 13.4. The number of amides is 3. The van der Waals surface area contributed by atoms with E-state index in [0.717, 1.165) is 17.1 Å². The van der Waals surface area contributed by atoms with Gasteiger partial charge in [0.1, 0.15) is 0 Å². The smallest absolute Gasteiger partial charge is 0.258 e. The molecule has 1 heterocycles. The van der Waals surface area contributed by atoms with Crippen LogP contribution in [0.4, 0.5) is 11.4 Å². The predicted octanol–water partition coefficient (Wildman–Crippen LogP) is 2.31. The van der Waals surface area contributed by atoms with Crippen LogP contribution in [0.2, 0.25) is 0 Å². The number of anilines is 2. The Bertz CT molecular complexity index is 898. The van der Waals surface area contributed by atoms with E-state index in [0.29, 0.717) is 11.1 Å². The second-order valence-electron chi connectivity index (χ2n) is 5.45. The molecule has 3 amide bonds. The zero-order valence-corrected chi connectivity index (χ0v) is 13.4. The van der Waals surface area contributed by atoms with Gasteiger partial charge in [-0.2, -0.15) is 0 Å². The summed E-state index contributed by atoms with van der Waals surface area (Å²) < 4.78 is 0. The Hall–Kier alpha value is -3.54. The average molecular weight is 334 g/mol. The molecule has 0 spiro atoms. The molecule has 1 N–H and O–H groups in total. The molecule has 3 rings (SSSR count). The Morgan fingerprint density at radius 3 is 2.12 bits per heavy atom. The number of nitrogens with zero attached hydrogens (tertiary/aromatic N) is 1. The second-order valence-corrected chi connectivity index (χ2v) is 5.45. The lowest BCUT2D eigenvalue weighted by Crippen LogP contribution is -2.31. The Balaban J connectivity index is 2.07. The van der Waals surface area contributed by atoms with Gasteiger partial charge in [-0.1, -0.05) is 30.3 Å². The van der Waals surface area contributed by atoms with E-state index >= 15 is 0 Å². The Morgan fingerprint density at radius 1 is 0.880 bits per heavy atom. The fourth-order valence-corrected chi connectivity index (χ4v) is 2.55. The van der Waals surface area contributed by atoms with Crippen LogP contribution in [-0.2, 0) is 14.4 Å². The number of hydrogen-bond acceptors (Lipinski definition) is 4. The van der Waals surface area contributed by atoms with Crippen LogP contribution in [-0.4, -0.2) is 23.5 Å². The van der Waals surface area contributed by atoms with E-state index in [1.165, 1.54) is 19.1 Å². The predicted molar refractivity (Wildman–Crippen MR) is 92.3 cm³/mol.